The number of hydrogen-bond donors (Lipinski definition) is 3. The normalized spacial score (nSPS) is 16.7. The fraction of sp³-hybridized carbons (Fsp3) is 0.600. The van der Waals surface area contributed by atoms with Crippen LogP contribution in [0.1, 0.15) is 23.2 Å². The average molecular weight is 292 g/mol. The van der Waals surface area contributed by atoms with Crippen LogP contribution in [0.4, 0.5) is 5.82 Å². The first-order valence-corrected chi connectivity index (χ1v) is 7.48. The summed E-state index contributed by atoms with van der Waals surface area (Å²) in [5.74, 6) is 0.960. The molecule has 0 unspecified atom stereocenters. The van der Waals surface area contributed by atoms with E-state index >= 15 is 0 Å². The average Bonchev–Trinajstić information content (AvgIpc) is 2.55. The molecule has 1 aliphatic heterocycles. The molecule has 2 heterocycles. The van der Waals surface area contributed by atoms with Gasteiger partial charge in [-0.3, -0.25) is 4.79 Å². The number of carbonyl (C=O) groups is 1. The van der Waals surface area contributed by atoms with Crippen molar-refractivity contribution in [2.45, 2.75) is 12.8 Å². The first-order valence-electron chi connectivity index (χ1n) is 7.48. The molecule has 6 heteroatoms. The van der Waals surface area contributed by atoms with Gasteiger partial charge in [-0.2, -0.15) is 0 Å². The minimum atomic E-state index is -0.130. The SMILES string of the molecule is CNC(=O)c1cccnc1NCCN1CCC(CO)CC1. The molecule has 1 fully saturated rings. The molecule has 0 saturated carbocycles. The number of likely N-dealkylation sites (tertiary alicyclic amines) is 1. The smallest absolute Gasteiger partial charge is 0.254 e. The predicted octanol–water partition coefficient (Wildman–Crippen LogP) is 0.557. The maximum absolute atomic E-state index is 11.7. The van der Waals surface area contributed by atoms with E-state index in [0.717, 1.165) is 39.0 Å². The Morgan fingerprint density at radius 3 is 2.90 bits per heavy atom. The van der Waals surface area contributed by atoms with Gasteiger partial charge in [-0.1, -0.05) is 0 Å². The van der Waals surface area contributed by atoms with Crippen molar-refractivity contribution >= 4 is 11.7 Å². The van der Waals surface area contributed by atoms with Crippen molar-refractivity contribution in [2.75, 3.05) is 45.2 Å². The van der Waals surface area contributed by atoms with Crippen LogP contribution >= 0.6 is 0 Å². The number of aromatic nitrogens is 1. The molecule has 1 aromatic heterocycles. The Morgan fingerprint density at radius 1 is 1.48 bits per heavy atom. The van der Waals surface area contributed by atoms with Gasteiger partial charge in [0.05, 0.1) is 5.56 Å². The van der Waals surface area contributed by atoms with Crippen LogP contribution in [0.25, 0.3) is 0 Å². The lowest BCUT2D eigenvalue weighted by Gasteiger charge is -2.31. The van der Waals surface area contributed by atoms with Gasteiger partial charge in [0.15, 0.2) is 0 Å². The third-order valence-electron chi connectivity index (χ3n) is 3.97. The number of piperidine rings is 1. The van der Waals surface area contributed by atoms with Crippen LogP contribution in [0.5, 0.6) is 0 Å². The molecular formula is C15H24N4O2. The van der Waals surface area contributed by atoms with E-state index in [1.54, 1.807) is 25.4 Å². The van der Waals surface area contributed by atoms with Gasteiger partial charge in [0.25, 0.3) is 5.91 Å². The largest absolute Gasteiger partial charge is 0.396 e. The van der Waals surface area contributed by atoms with Crippen molar-refractivity contribution < 1.29 is 9.90 Å². The molecule has 0 aliphatic carbocycles. The van der Waals surface area contributed by atoms with Crippen LogP contribution in [0.2, 0.25) is 0 Å². The molecule has 116 valence electrons. The van der Waals surface area contributed by atoms with Crippen LogP contribution in [0, 0.1) is 5.92 Å². The first kappa shape index (κ1) is 15.7. The molecule has 1 aromatic rings. The summed E-state index contributed by atoms with van der Waals surface area (Å²) in [4.78, 5) is 18.4. The Labute approximate surface area is 125 Å². The Balaban J connectivity index is 1.80. The molecule has 1 amide bonds. The number of aliphatic hydroxyl groups is 1. The second-order valence-corrected chi connectivity index (χ2v) is 5.37. The maximum Gasteiger partial charge on any atom is 0.254 e. The number of carbonyl (C=O) groups excluding carboxylic acids is 1. The zero-order chi connectivity index (χ0) is 15.1. The number of anilines is 1. The van der Waals surface area contributed by atoms with E-state index in [1.807, 2.05) is 0 Å². The summed E-state index contributed by atoms with van der Waals surface area (Å²) >= 11 is 0. The van der Waals surface area contributed by atoms with Gasteiger partial charge in [0, 0.05) is 32.9 Å². The lowest BCUT2D eigenvalue weighted by molar-refractivity contribution is 0.0963. The molecule has 0 aromatic carbocycles. The Hall–Kier alpha value is -1.66. The van der Waals surface area contributed by atoms with Crippen LogP contribution in [-0.2, 0) is 0 Å². The van der Waals surface area contributed by atoms with Gasteiger partial charge in [0.2, 0.25) is 0 Å². The highest BCUT2D eigenvalue weighted by atomic mass is 16.3. The van der Waals surface area contributed by atoms with Gasteiger partial charge in [0.1, 0.15) is 5.82 Å². The van der Waals surface area contributed by atoms with Gasteiger partial charge < -0.3 is 20.6 Å². The Bertz CT molecular complexity index is 459. The van der Waals surface area contributed by atoms with Crippen LogP contribution in [-0.4, -0.2) is 60.7 Å². The molecule has 0 spiro atoms. The second kappa shape index (κ2) is 7.95. The summed E-state index contributed by atoms with van der Waals surface area (Å²) in [5.41, 5.74) is 0.569. The summed E-state index contributed by atoms with van der Waals surface area (Å²) in [5, 5.41) is 15.0. The van der Waals surface area contributed by atoms with Crippen molar-refractivity contribution in [1.29, 1.82) is 0 Å². The Kier molecular flexibility index (Phi) is 5.95. The second-order valence-electron chi connectivity index (χ2n) is 5.37. The minimum Gasteiger partial charge on any atom is -0.396 e. The number of hydrogen-bond acceptors (Lipinski definition) is 5. The monoisotopic (exact) mass is 292 g/mol. The van der Waals surface area contributed by atoms with Crippen molar-refractivity contribution in [2.24, 2.45) is 5.92 Å². The molecule has 1 saturated heterocycles. The van der Waals surface area contributed by atoms with E-state index in [4.69, 9.17) is 5.11 Å². The Morgan fingerprint density at radius 2 is 2.24 bits per heavy atom. The summed E-state index contributed by atoms with van der Waals surface area (Å²) in [7, 11) is 1.62. The summed E-state index contributed by atoms with van der Waals surface area (Å²) < 4.78 is 0. The molecule has 6 nitrogen and oxygen atoms in total. The molecule has 1 aliphatic rings. The number of amides is 1. The lowest BCUT2D eigenvalue weighted by Crippen LogP contribution is -2.37. The molecular weight excluding hydrogens is 268 g/mol. The van der Waals surface area contributed by atoms with E-state index in [9.17, 15) is 4.79 Å². The molecule has 0 atom stereocenters. The number of rotatable bonds is 6. The molecule has 0 radical (unpaired) electrons. The van der Waals surface area contributed by atoms with Crippen molar-refractivity contribution in [3.63, 3.8) is 0 Å². The minimum absolute atomic E-state index is 0.130. The van der Waals surface area contributed by atoms with Gasteiger partial charge in [-0.15, -0.1) is 0 Å². The lowest BCUT2D eigenvalue weighted by atomic mass is 9.98. The number of pyridine rings is 1. The topological polar surface area (TPSA) is 77.5 Å². The maximum atomic E-state index is 11.7. The highest BCUT2D eigenvalue weighted by Gasteiger charge is 2.18. The highest BCUT2D eigenvalue weighted by Crippen LogP contribution is 2.16. The van der Waals surface area contributed by atoms with Crippen molar-refractivity contribution in [3.05, 3.63) is 23.9 Å². The number of aliphatic hydroxyl groups excluding tert-OH is 1. The fourth-order valence-corrected chi connectivity index (χ4v) is 2.59. The third-order valence-corrected chi connectivity index (χ3v) is 3.97. The van der Waals surface area contributed by atoms with Gasteiger partial charge in [-0.25, -0.2) is 4.98 Å². The van der Waals surface area contributed by atoms with Crippen molar-refractivity contribution in [1.82, 2.24) is 15.2 Å². The molecule has 3 N–H and O–H groups in total. The van der Waals surface area contributed by atoms with E-state index in [2.05, 4.69) is 20.5 Å². The standard InChI is InChI=1S/C15H24N4O2/c1-16-15(21)13-3-2-6-17-14(13)18-7-10-19-8-4-12(11-20)5-9-19/h2-3,6,12,20H,4-5,7-11H2,1H3,(H,16,21)(H,17,18). The van der Waals surface area contributed by atoms with E-state index < -0.39 is 0 Å². The van der Waals surface area contributed by atoms with Crippen molar-refractivity contribution in [3.8, 4) is 0 Å². The van der Waals surface area contributed by atoms with Gasteiger partial charge >= 0.3 is 0 Å². The van der Waals surface area contributed by atoms with E-state index in [0.29, 0.717) is 23.9 Å². The van der Waals surface area contributed by atoms with Gasteiger partial charge in [-0.05, 0) is 44.0 Å². The van der Waals surface area contributed by atoms with E-state index in [-0.39, 0.29) is 5.91 Å². The van der Waals surface area contributed by atoms with E-state index in [1.165, 1.54) is 0 Å². The molecule has 0 bridgehead atoms. The summed E-state index contributed by atoms with van der Waals surface area (Å²) in [6.45, 7) is 4.02. The van der Waals surface area contributed by atoms with Crippen LogP contribution < -0.4 is 10.6 Å². The molecule has 21 heavy (non-hydrogen) atoms. The zero-order valence-corrected chi connectivity index (χ0v) is 12.5. The first-order chi connectivity index (χ1) is 10.2. The fourth-order valence-electron chi connectivity index (χ4n) is 2.59. The third kappa shape index (κ3) is 4.41. The quantitative estimate of drug-likeness (QED) is 0.714. The van der Waals surface area contributed by atoms with Crippen LogP contribution in [0.15, 0.2) is 18.3 Å². The number of nitrogens with zero attached hydrogens (tertiary/aromatic N) is 2. The highest BCUT2D eigenvalue weighted by molar-refractivity contribution is 5.98. The summed E-state index contributed by atoms with van der Waals surface area (Å²) in [6, 6.07) is 3.52. The predicted molar refractivity (Wildman–Crippen MR) is 82.4 cm³/mol. The zero-order valence-electron chi connectivity index (χ0n) is 12.5. The number of nitrogens with one attached hydrogen (secondary N) is 2. The molecule has 2 rings (SSSR count). The van der Waals surface area contributed by atoms with Crippen LogP contribution in [0.3, 0.4) is 0 Å². The summed E-state index contributed by atoms with van der Waals surface area (Å²) in [6.07, 6.45) is 3.80.